The van der Waals surface area contributed by atoms with E-state index in [1.165, 1.54) is 6.07 Å². The van der Waals surface area contributed by atoms with E-state index in [0.29, 0.717) is 5.56 Å². The molecule has 2 aromatic rings. The standard InChI is InChI=1S/C16H20FN3/c1-11(18)13-8-9-19-16(10-13)20(3)12(2)14-6-4-5-7-15(14)17/h4-12H,18H2,1-3H3. The minimum absolute atomic E-state index is 0.0473. The molecule has 0 aliphatic carbocycles. The normalized spacial score (nSPS) is 13.8. The number of aromatic nitrogens is 1. The molecule has 20 heavy (non-hydrogen) atoms. The Morgan fingerprint density at radius 2 is 1.90 bits per heavy atom. The summed E-state index contributed by atoms with van der Waals surface area (Å²) in [5, 5.41) is 0. The van der Waals surface area contributed by atoms with E-state index in [0.717, 1.165) is 11.4 Å². The van der Waals surface area contributed by atoms with Crippen molar-refractivity contribution in [3.63, 3.8) is 0 Å². The van der Waals surface area contributed by atoms with Gasteiger partial charge in [0, 0.05) is 24.8 Å². The maximum absolute atomic E-state index is 13.9. The SMILES string of the molecule is CC(N)c1ccnc(N(C)C(C)c2ccccc2F)c1. The van der Waals surface area contributed by atoms with Crippen LogP contribution in [0.25, 0.3) is 0 Å². The second-order valence-corrected chi connectivity index (χ2v) is 5.04. The Bertz CT molecular complexity index is 583. The molecule has 2 rings (SSSR count). The largest absolute Gasteiger partial charge is 0.353 e. The van der Waals surface area contributed by atoms with Crippen molar-refractivity contribution in [2.75, 3.05) is 11.9 Å². The van der Waals surface area contributed by atoms with Crippen LogP contribution in [-0.2, 0) is 0 Å². The van der Waals surface area contributed by atoms with E-state index >= 15 is 0 Å². The lowest BCUT2D eigenvalue weighted by atomic mass is 10.1. The molecule has 1 heterocycles. The van der Waals surface area contributed by atoms with Crippen LogP contribution in [0.15, 0.2) is 42.6 Å². The van der Waals surface area contributed by atoms with Crippen LogP contribution in [0.5, 0.6) is 0 Å². The Hall–Kier alpha value is -1.94. The van der Waals surface area contributed by atoms with E-state index in [-0.39, 0.29) is 17.9 Å². The highest BCUT2D eigenvalue weighted by Crippen LogP contribution is 2.26. The maximum atomic E-state index is 13.9. The zero-order valence-electron chi connectivity index (χ0n) is 12.0. The molecule has 0 saturated carbocycles. The fourth-order valence-corrected chi connectivity index (χ4v) is 2.13. The third kappa shape index (κ3) is 2.96. The minimum atomic E-state index is -0.199. The Balaban J connectivity index is 2.29. The Morgan fingerprint density at radius 3 is 2.55 bits per heavy atom. The van der Waals surface area contributed by atoms with Gasteiger partial charge in [-0.3, -0.25) is 0 Å². The summed E-state index contributed by atoms with van der Waals surface area (Å²) < 4.78 is 13.9. The molecule has 0 aliphatic rings. The van der Waals surface area contributed by atoms with E-state index in [9.17, 15) is 4.39 Å². The van der Waals surface area contributed by atoms with Crippen molar-refractivity contribution in [2.45, 2.75) is 25.9 Å². The molecule has 2 N–H and O–H groups in total. The number of nitrogens with two attached hydrogens (primary N) is 1. The van der Waals surface area contributed by atoms with Crippen molar-refractivity contribution in [1.82, 2.24) is 4.98 Å². The van der Waals surface area contributed by atoms with E-state index in [1.54, 1.807) is 18.3 Å². The van der Waals surface area contributed by atoms with Gasteiger partial charge in [-0.15, -0.1) is 0 Å². The van der Waals surface area contributed by atoms with E-state index in [1.807, 2.05) is 44.0 Å². The summed E-state index contributed by atoms with van der Waals surface area (Å²) in [5.41, 5.74) is 7.56. The van der Waals surface area contributed by atoms with Crippen LogP contribution in [0, 0.1) is 5.82 Å². The molecular weight excluding hydrogens is 253 g/mol. The highest BCUT2D eigenvalue weighted by atomic mass is 19.1. The van der Waals surface area contributed by atoms with Crippen LogP contribution < -0.4 is 10.6 Å². The summed E-state index contributed by atoms with van der Waals surface area (Å²) in [6.07, 6.45) is 1.73. The van der Waals surface area contributed by atoms with E-state index in [2.05, 4.69) is 4.98 Å². The number of nitrogens with zero attached hydrogens (tertiary/aromatic N) is 2. The lowest BCUT2D eigenvalue weighted by Gasteiger charge is -2.27. The predicted molar refractivity (Wildman–Crippen MR) is 80.1 cm³/mol. The number of halogens is 1. The molecule has 0 radical (unpaired) electrons. The molecule has 0 saturated heterocycles. The fraction of sp³-hybridized carbons (Fsp3) is 0.312. The van der Waals surface area contributed by atoms with Crippen LogP contribution >= 0.6 is 0 Å². The van der Waals surface area contributed by atoms with Gasteiger partial charge in [0.25, 0.3) is 0 Å². The molecule has 0 fully saturated rings. The fourth-order valence-electron chi connectivity index (χ4n) is 2.13. The first-order valence-electron chi connectivity index (χ1n) is 6.69. The molecule has 0 spiro atoms. The Labute approximate surface area is 119 Å². The number of benzene rings is 1. The average molecular weight is 273 g/mol. The second-order valence-electron chi connectivity index (χ2n) is 5.04. The topological polar surface area (TPSA) is 42.1 Å². The second kappa shape index (κ2) is 6.01. The summed E-state index contributed by atoms with van der Waals surface area (Å²) in [7, 11) is 1.91. The van der Waals surface area contributed by atoms with Crippen molar-refractivity contribution >= 4 is 5.82 Å². The van der Waals surface area contributed by atoms with Crippen molar-refractivity contribution in [1.29, 1.82) is 0 Å². The number of anilines is 1. The van der Waals surface area contributed by atoms with Crippen LogP contribution in [0.2, 0.25) is 0 Å². The molecule has 106 valence electrons. The molecule has 2 atom stereocenters. The zero-order chi connectivity index (χ0) is 14.7. The van der Waals surface area contributed by atoms with Gasteiger partial charge in [0.05, 0.1) is 6.04 Å². The first-order chi connectivity index (χ1) is 9.50. The maximum Gasteiger partial charge on any atom is 0.129 e. The predicted octanol–water partition coefficient (Wildman–Crippen LogP) is 3.44. The van der Waals surface area contributed by atoms with E-state index in [4.69, 9.17) is 5.73 Å². The molecule has 0 bridgehead atoms. The molecule has 1 aromatic heterocycles. The highest BCUT2D eigenvalue weighted by molar-refractivity contribution is 5.44. The van der Waals surface area contributed by atoms with Gasteiger partial charge in [-0.2, -0.15) is 0 Å². The molecule has 2 unspecified atom stereocenters. The third-order valence-corrected chi connectivity index (χ3v) is 3.59. The molecule has 3 nitrogen and oxygen atoms in total. The quantitative estimate of drug-likeness (QED) is 0.928. The van der Waals surface area contributed by atoms with Gasteiger partial charge >= 0.3 is 0 Å². The number of hydrogen-bond acceptors (Lipinski definition) is 3. The monoisotopic (exact) mass is 273 g/mol. The van der Waals surface area contributed by atoms with Crippen molar-refractivity contribution in [3.8, 4) is 0 Å². The molecule has 4 heteroatoms. The number of hydrogen-bond donors (Lipinski definition) is 1. The van der Waals surface area contributed by atoms with Gasteiger partial charge in [0.2, 0.25) is 0 Å². The highest BCUT2D eigenvalue weighted by Gasteiger charge is 2.17. The smallest absolute Gasteiger partial charge is 0.129 e. The van der Waals surface area contributed by atoms with Crippen molar-refractivity contribution < 1.29 is 4.39 Å². The van der Waals surface area contributed by atoms with Crippen LogP contribution in [-0.4, -0.2) is 12.0 Å². The Kier molecular flexibility index (Phi) is 4.35. The third-order valence-electron chi connectivity index (χ3n) is 3.59. The van der Waals surface area contributed by atoms with Crippen LogP contribution in [0.3, 0.4) is 0 Å². The van der Waals surface area contributed by atoms with Gasteiger partial charge in [-0.05, 0) is 37.6 Å². The number of rotatable bonds is 4. The van der Waals surface area contributed by atoms with Crippen molar-refractivity contribution in [3.05, 3.63) is 59.5 Å². The van der Waals surface area contributed by atoms with Gasteiger partial charge in [-0.25, -0.2) is 9.37 Å². The lowest BCUT2D eigenvalue weighted by molar-refractivity contribution is 0.584. The summed E-state index contributed by atoms with van der Waals surface area (Å²) in [6, 6.07) is 10.5. The van der Waals surface area contributed by atoms with Gasteiger partial charge in [-0.1, -0.05) is 18.2 Å². The first-order valence-corrected chi connectivity index (χ1v) is 6.69. The average Bonchev–Trinajstić information content (AvgIpc) is 2.46. The summed E-state index contributed by atoms with van der Waals surface area (Å²) in [4.78, 5) is 6.29. The van der Waals surface area contributed by atoms with Gasteiger partial charge < -0.3 is 10.6 Å². The molecule has 0 aliphatic heterocycles. The zero-order valence-corrected chi connectivity index (χ0v) is 12.0. The molecule has 0 amide bonds. The summed E-state index contributed by atoms with van der Waals surface area (Å²) in [6.45, 7) is 3.89. The molecule has 1 aromatic carbocycles. The van der Waals surface area contributed by atoms with Gasteiger partial charge in [0.15, 0.2) is 0 Å². The Morgan fingerprint density at radius 1 is 1.20 bits per heavy atom. The van der Waals surface area contributed by atoms with Gasteiger partial charge in [0.1, 0.15) is 11.6 Å². The summed E-state index contributed by atoms with van der Waals surface area (Å²) in [5.74, 6) is 0.589. The first kappa shape index (κ1) is 14.5. The number of pyridine rings is 1. The minimum Gasteiger partial charge on any atom is -0.353 e. The van der Waals surface area contributed by atoms with E-state index < -0.39 is 0 Å². The van der Waals surface area contributed by atoms with Crippen LogP contribution in [0.4, 0.5) is 10.2 Å². The van der Waals surface area contributed by atoms with Crippen LogP contribution in [0.1, 0.15) is 37.1 Å². The van der Waals surface area contributed by atoms with Crippen molar-refractivity contribution in [2.24, 2.45) is 5.73 Å². The lowest BCUT2D eigenvalue weighted by Crippen LogP contribution is -2.23. The molecular formula is C16H20FN3. The summed E-state index contributed by atoms with van der Waals surface area (Å²) >= 11 is 0.